The molecule has 0 aromatic heterocycles. The van der Waals surface area contributed by atoms with Crippen LogP contribution in [0.2, 0.25) is 0 Å². The molecular formula is C16H29NO3. The largest absolute Gasteiger partial charge is 0.481 e. The number of amides is 1. The molecule has 1 amide bonds. The van der Waals surface area contributed by atoms with E-state index in [9.17, 15) is 9.59 Å². The molecule has 4 nitrogen and oxygen atoms in total. The number of hydrogen-bond acceptors (Lipinski definition) is 2. The highest BCUT2D eigenvalue weighted by Crippen LogP contribution is 2.29. The first kappa shape index (κ1) is 17.0. The minimum atomic E-state index is -0.818. The highest BCUT2D eigenvalue weighted by molar-refractivity contribution is 5.77. The van der Waals surface area contributed by atoms with Crippen molar-refractivity contribution >= 4 is 11.9 Å². The molecule has 1 saturated carbocycles. The van der Waals surface area contributed by atoms with Crippen molar-refractivity contribution in [3.63, 3.8) is 0 Å². The zero-order valence-corrected chi connectivity index (χ0v) is 13.1. The SMILES string of the molecule is CCCCC(=O)N(CC(C)C(=O)O)C1CCCCC1C. The summed E-state index contributed by atoms with van der Waals surface area (Å²) in [6, 6.07) is 0.231. The monoisotopic (exact) mass is 283 g/mol. The smallest absolute Gasteiger partial charge is 0.308 e. The zero-order chi connectivity index (χ0) is 15.1. The van der Waals surface area contributed by atoms with Crippen LogP contribution in [0.15, 0.2) is 0 Å². The number of carbonyl (C=O) groups excluding carboxylic acids is 1. The molecule has 1 fully saturated rings. The lowest BCUT2D eigenvalue weighted by Gasteiger charge is -2.39. The summed E-state index contributed by atoms with van der Waals surface area (Å²) in [5, 5.41) is 9.12. The summed E-state index contributed by atoms with van der Waals surface area (Å²) < 4.78 is 0. The van der Waals surface area contributed by atoms with Crippen molar-refractivity contribution in [3.05, 3.63) is 0 Å². The van der Waals surface area contributed by atoms with Gasteiger partial charge in [0, 0.05) is 19.0 Å². The summed E-state index contributed by atoms with van der Waals surface area (Å²) in [6.07, 6.45) is 6.96. The van der Waals surface area contributed by atoms with Crippen LogP contribution < -0.4 is 0 Å². The normalized spacial score (nSPS) is 24.1. The first-order valence-electron chi connectivity index (χ1n) is 7.99. The minimum Gasteiger partial charge on any atom is -0.481 e. The number of carboxylic acids is 1. The van der Waals surface area contributed by atoms with Crippen LogP contribution in [0.5, 0.6) is 0 Å². The van der Waals surface area contributed by atoms with Gasteiger partial charge in [0.05, 0.1) is 5.92 Å². The zero-order valence-electron chi connectivity index (χ0n) is 13.1. The number of rotatable bonds is 7. The predicted octanol–water partition coefficient (Wildman–Crippen LogP) is 3.30. The fraction of sp³-hybridized carbons (Fsp3) is 0.875. The Labute approximate surface area is 122 Å². The van der Waals surface area contributed by atoms with E-state index in [2.05, 4.69) is 13.8 Å². The van der Waals surface area contributed by atoms with Gasteiger partial charge in [-0.05, 0) is 25.2 Å². The Kier molecular flexibility index (Phi) is 7.03. The molecule has 0 bridgehead atoms. The second-order valence-corrected chi connectivity index (χ2v) is 6.22. The average Bonchev–Trinajstić information content (AvgIpc) is 2.42. The van der Waals surface area contributed by atoms with Crippen LogP contribution in [0, 0.1) is 11.8 Å². The van der Waals surface area contributed by atoms with E-state index in [0.717, 1.165) is 32.1 Å². The summed E-state index contributed by atoms with van der Waals surface area (Å²) in [4.78, 5) is 25.4. The molecule has 1 aliphatic carbocycles. The van der Waals surface area contributed by atoms with E-state index >= 15 is 0 Å². The molecule has 116 valence electrons. The second kappa shape index (κ2) is 8.28. The van der Waals surface area contributed by atoms with Gasteiger partial charge in [0.1, 0.15) is 0 Å². The predicted molar refractivity (Wildman–Crippen MR) is 79.5 cm³/mol. The lowest BCUT2D eigenvalue weighted by Crippen LogP contribution is -2.48. The van der Waals surface area contributed by atoms with E-state index in [1.54, 1.807) is 6.92 Å². The van der Waals surface area contributed by atoms with Gasteiger partial charge in [-0.3, -0.25) is 9.59 Å². The summed E-state index contributed by atoms with van der Waals surface area (Å²) in [6.45, 7) is 6.30. The highest BCUT2D eigenvalue weighted by Gasteiger charge is 2.32. The Morgan fingerprint density at radius 3 is 2.50 bits per heavy atom. The number of nitrogens with zero attached hydrogens (tertiary/aromatic N) is 1. The third kappa shape index (κ3) is 4.80. The number of hydrogen-bond donors (Lipinski definition) is 1. The topological polar surface area (TPSA) is 57.6 Å². The van der Waals surface area contributed by atoms with Crippen LogP contribution in [0.1, 0.15) is 65.7 Å². The van der Waals surface area contributed by atoms with E-state index in [1.807, 2.05) is 4.90 Å². The summed E-state index contributed by atoms with van der Waals surface area (Å²) in [5.74, 6) is -0.689. The van der Waals surface area contributed by atoms with Gasteiger partial charge in [-0.2, -0.15) is 0 Å². The average molecular weight is 283 g/mol. The minimum absolute atomic E-state index is 0.138. The lowest BCUT2D eigenvalue weighted by molar-refractivity contribution is -0.144. The second-order valence-electron chi connectivity index (χ2n) is 6.22. The van der Waals surface area contributed by atoms with E-state index in [4.69, 9.17) is 5.11 Å². The van der Waals surface area contributed by atoms with Gasteiger partial charge in [-0.25, -0.2) is 0 Å². The Bertz CT molecular complexity index is 330. The molecular weight excluding hydrogens is 254 g/mol. The van der Waals surface area contributed by atoms with Crippen molar-refractivity contribution in [3.8, 4) is 0 Å². The maximum absolute atomic E-state index is 12.4. The van der Waals surface area contributed by atoms with E-state index < -0.39 is 11.9 Å². The molecule has 0 spiro atoms. The molecule has 0 aromatic carbocycles. The molecule has 1 rings (SSSR count). The molecule has 0 aromatic rings. The summed E-state index contributed by atoms with van der Waals surface area (Å²) >= 11 is 0. The molecule has 3 unspecified atom stereocenters. The van der Waals surface area contributed by atoms with Gasteiger partial charge in [-0.1, -0.05) is 40.0 Å². The molecule has 0 radical (unpaired) electrons. The molecule has 1 aliphatic rings. The molecule has 1 N–H and O–H groups in total. The van der Waals surface area contributed by atoms with Gasteiger partial charge in [0.2, 0.25) is 5.91 Å². The van der Waals surface area contributed by atoms with Crippen LogP contribution in [0.25, 0.3) is 0 Å². The van der Waals surface area contributed by atoms with Gasteiger partial charge in [0.25, 0.3) is 0 Å². The van der Waals surface area contributed by atoms with Crippen LogP contribution in [-0.4, -0.2) is 34.5 Å². The van der Waals surface area contributed by atoms with Crippen molar-refractivity contribution < 1.29 is 14.7 Å². The number of unbranched alkanes of at least 4 members (excludes halogenated alkanes) is 1. The third-order valence-corrected chi connectivity index (χ3v) is 4.42. The van der Waals surface area contributed by atoms with Crippen LogP contribution >= 0.6 is 0 Å². The Hall–Kier alpha value is -1.06. The van der Waals surface area contributed by atoms with Crippen molar-refractivity contribution in [2.75, 3.05) is 6.54 Å². The third-order valence-electron chi connectivity index (χ3n) is 4.42. The van der Waals surface area contributed by atoms with E-state index in [1.165, 1.54) is 6.42 Å². The number of carbonyl (C=O) groups is 2. The van der Waals surface area contributed by atoms with Crippen LogP contribution in [0.3, 0.4) is 0 Å². The molecule has 3 atom stereocenters. The molecule has 0 heterocycles. The van der Waals surface area contributed by atoms with Gasteiger partial charge in [0.15, 0.2) is 0 Å². The fourth-order valence-electron chi connectivity index (χ4n) is 3.03. The Morgan fingerprint density at radius 1 is 1.30 bits per heavy atom. The lowest BCUT2D eigenvalue weighted by atomic mass is 9.84. The standard InChI is InChI=1S/C16H29NO3/c1-4-5-10-15(18)17(11-13(3)16(19)20)14-9-7-6-8-12(14)2/h12-14H,4-11H2,1-3H3,(H,19,20). The van der Waals surface area contributed by atoms with Gasteiger partial charge in [-0.15, -0.1) is 0 Å². The van der Waals surface area contributed by atoms with Crippen molar-refractivity contribution in [2.24, 2.45) is 11.8 Å². The highest BCUT2D eigenvalue weighted by atomic mass is 16.4. The van der Waals surface area contributed by atoms with Crippen LogP contribution in [0.4, 0.5) is 0 Å². The Morgan fingerprint density at radius 2 is 1.95 bits per heavy atom. The van der Waals surface area contributed by atoms with Gasteiger partial charge >= 0.3 is 5.97 Å². The molecule has 0 saturated heterocycles. The van der Waals surface area contributed by atoms with E-state index in [0.29, 0.717) is 18.9 Å². The van der Waals surface area contributed by atoms with Crippen LogP contribution in [-0.2, 0) is 9.59 Å². The molecule has 20 heavy (non-hydrogen) atoms. The molecule has 4 heteroatoms. The van der Waals surface area contributed by atoms with Crippen molar-refractivity contribution in [1.82, 2.24) is 4.90 Å². The maximum Gasteiger partial charge on any atom is 0.308 e. The number of aliphatic carboxylic acids is 1. The van der Waals surface area contributed by atoms with Crippen molar-refractivity contribution in [1.29, 1.82) is 0 Å². The van der Waals surface area contributed by atoms with E-state index in [-0.39, 0.29) is 11.9 Å². The van der Waals surface area contributed by atoms with Crippen molar-refractivity contribution in [2.45, 2.75) is 71.8 Å². The number of carboxylic acid groups (broad SMARTS) is 1. The van der Waals surface area contributed by atoms with Gasteiger partial charge < -0.3 is 10.0 Å². The maximum atomic E-state index is 12.4. The first-order valence-corrected chi connectivity index (χ1v) is 7.99. The Balaban J connectivity index is 2.76. The summed E-state index contributed by atoms with van der Waals surface area (Å²) in [5.41, 5.74) is 0. The fourth-order valence-corrected chi connectivity index (χ4v) is 3.03. The quantitative estimate of drug-likeness (QED) is 0.780. The molecule has 0 aliphatic heterocycles. The first-order chi connectivity index (χ1) is 9.47. The summed E-state index contributed by atoms with van der Waals surface area (Å²) in [7, 11) is 0.